The molecule has 1 aromatic carbocycles. The highest BCUT2D eigenvalue weighted by Crippen LogP contribution is 2.19. The molecule has 0 aliphatic heterocycles. The average molecular weight is 157 g/mol. The van der Waals surface area contributed by atoms with E-state index in [9.17, 15) is 0 Å². The molecule has 0 saturated carbocycles. The fourth-order valence-corrected chi connectivity index (χ4v) is 1.52. The van der Waals surface area contributed by atoms with Crippen LogP contribution in [0.3, 0.4) is 0 Å². The first kappa shape index (κ1) is 7.29. The summed E-state index contributed by atoms with van der Waals surface area (Å²) in [6.07, 6.45) is 3.09. The molecule has 0 amide bonds. The second-order valence-electron chi connectivity index (χ2n) is 3.12. The lowest BCUT2D eigenvalue weighted by Gasteiger charge is -2.14. The van der Waals surface area contributed by atoms with Gasteiger partial charge in [-0.25, -0.2) is 0 Å². The van der Waals surface area contributed by atoms with Gasteiger partial charge in [-0.05, 0) is 24.5 Å². The normalized spacial score (nSPS) is 15.4. The van der Waals surface area contributed by atoms with Crippen molar-refractivity contribution >= 4 is 5.71 Å². The van der Waals surface area contributed by atoms with Crippen molar-refractivity contribution in [3.8, 4) is 0 Å². The van der Waals surface area contributed by atoms with Crippen molar-refractivity contribution in [1.82, 2.24) is 0 Å². The molecule has 0 unspecified atom stereocenters. The van der Waals surface area contributed by atoms with Gasteiger partial charge in [-0.2, -0.15) is 0 Å². The Balaban J connectivity index is 2.57. The fourth-order valence-electron chi connectivity index (χ4n) is 1.52. The zero-order chi connectivity index (χ0) is 8.55. The first-order chi connectivity index (χ1) is 5.79. The highest BCUT2D eigenvalue weighted by molar-refractivity contribution is 6.12. The summed E-state index contributed by atoms with van der Waals surface area (Å²) in [5.74, 6) is 0. The van der Waals surface area contributed by atoms with E-state index < -0.39 is 0 Å². The van der Waals surface area contributed by atoms with Crippen LogP contribution in [-0.2, 0) is 6.42 Å². The molecular weight excluding hydrogens is 146 g/mol. The number of allylic oxidation sites excluding steroid dienone is 2. The van der Waals surface area contributed by atoms with E-state index >= 15 is 0 Å². The molecule has 0 heterocycles. The predicted molar refractivity (Wildman–Crippen MR) is 50.7 cm³/mol. The van der Waals surface area contributed by atoms with Gasteiger partial charge < -0.3 is 0 Å². The van der Waals surface area contributed by atoms with Gasteiger partial charge in [0.1, 0.15) is 0 Å². The molecule has 0 aromatic heterocycles. The second-order valence-corrected chi connectivity index (χ2v) is 3.12. The summed E-state index contributed by atoms with van der Waals surface area (Å²) in [5.41, 5.74) is 4.14. The van der Waals surface area contributed by atoms with Crippen LogP contribution in [0.2, 0.25) is 0 Å². The zero-order valence-electron chi connectivity index (χ0n) is 7.09. The van der Waals surface area contributed by atoms with Crippen molar-refractivity contribution in [1.29, 1.82) is 5.41 Å². The molecule has 0 saturated heterocycles. The lowest BCUT2D eigenvalue weighted by molar-refractivity contribution is 1.19. The van der Waals surface area contributed by atoms with Gasteiger partial charge in [0.2, 0.25) is 0 Å². The summed E-state index contributed by atoms with van der Waals surface area (Å²) in [6, 6.07) is 8.13. The predicted octanol–water partition coefficient (Wildman–Crippen LogP) is 2.56. The minimum Gasteiger partial charge on any atom is -0.300 e. The Morgan fingerprint density at radius 1 is 1.25 bits per heavy atom. The molecule has 1 aliphatic rings. The summed E-state index contributed by atoms with van der Waals surface area (Å²) in [7, 11) is 0. The van der Waals surface area contributed by atoms with Gasteiger partial charge in [0, 0.05) is 5.56 Å². The Bertz CT molecular complexity index is 361. The standard InChI is InChI=1S/C11H11N/c1-8-6-7-9-4-2-3-5-10(9)11(8)12/h2-6,12H,7H2,1H3. The van der Waals surface area contributed by atoms with E-state index in [2.05, 4.69) is 12.1 Å². The topological polar surface area (TPSA) is 23.9 Å². The van der Waals surface area contributed by atoms with Crippen molar-refractivity contribution in [2.45, 2.75) is 13.3 Å². The molecule has 1 nitrogen and oxygen atoms in total. The molecule has 2 rings (SSSR count). The molecule has 12 heavy (non-hydrogen) atoms. The average Bonchev–Trinajstić information content (AvgIpc) is 2.12. The monoisotopic (exact) mass is 157 g/mol. The van der Waals surface area contributed by atoms with Crippen molar-refractivity contribution < 1.29 is 0 Å². The third-order valence-electron chi connectivity index (χ3n) is 2.31. The maximum Gasteiger partial charge on any atom is 0.0641 e. The largest absolute Gasteiger partial charge is 0.300 e. The quantitative estimate of drug-likeness (QED) is 0.598. The smallest absolute Gasteiger partial charge is 0.0641 e. The van der Waals surface area contributed by atoms with Crippen LogP contribution in [0.5, 0.6) is 0 Å². The van der Waals surface area contributed by atoms with E-state index in [0.29, 0.717) is 5.71 Å². The van der Waals surface area contributed by atoms with E-state index in [1.807, 2.05) is 25.1 Å². The highest BCUT2D eigenvalue weighted by Gasteiger charge is 2.12. The molecular formula is C11H11N. The van der Waals surface area contributed by atoms with Crippen molar-refractivity contribution in [2.75, 3.05) is 0 Å². The van der Waals surface area contributed by atoms with Crippen LogP contribution >= 0.6 is 0 Å². The maximum absolute atomic E-state index is 7.81. The number of benzene rings is 1. The van der Waals surface area contributed by atoms with Crippen LogP contribution in [0.4, 0.5) is 0 Å². The van der Waals surface area contributed by atoms with Gasteiger partial charge in [0.05, 0.1) is 5.71 Å². The lowest BCUT2D eigenvalue weighted by atomic mass is 9.91. The van der Waals surface area contributed by atoms with Crippen molar-refractivity contribution in [2.24, 2.45) is 0 Å². The molecule has 0 atom stereocenters. The number of hydrogen-bond acceptors (Lipinski definition) is 1. The molecule has 1 N–H and O–H groups in total. The Morgan fingerprint density at radius 2 is 2.00 bits per heavy atom. The van der Waals surface area contributed by atoms with Crippen molar-refractivity contribution in [3.63, 3.8) is 0 Å². The van der Waals surface area contributed by atoms with E-state index in [4.69, 9.17) is 5.41 Å². The third kappa shape index (κ3) is 0.981. The molecule has 0 bridgehead atoms. The minimum atomic E-state index is 0.678. The van der Waals surface area contributed by atoms with Crippen LogP contribution < -0.4 is 0 Å². The summed E-state index contributed by atoms with van der Waals surface area (Å²) >= 11 is 0. The second kappa shape index (κ2) is 2.59. The van der Waals surface area contributed by atoms with E-state index in [1.165, 1.54) is 5.56 Å². The molecule has 0 fully saturated rings. The molecule has 1 aliphatic carbocycles. The maximum atomic E-state index is 7.81. The molecule has 1 aromatic rings. The molecule has 0 radical (unpaired) electrons. The van der Waals surface area contributed by atoms with Crippen LogP contribution in [-0.4, -0.2) is 5.71 Å². The fraction of sp³-hybridized carbons (Fsp3) is 0.182. The zero-order valence-corrected chi connectivity index (χ0v) is 7.09. The van der Waals surface area contributed by atoms with Crippen LogP contribution in [0.1, 0.15) is 18.1 Å². The Labute approximate surface area is 72.2 Å². The van der Waals surface area contributed by atoms with Gasteiger partial charge in [0.15, 0.2) is 0 Å². The number of nitrogens with one attached hydrogen (secondary N) is 1. The van der Waals surface area contributed by atoms with E-state index in [1.54, 1.807) is 0 Å². The Morgan fingerprint density at radius 3 is 2.83 bits per heavy atom. The minimum absolute atomic E-state index is 0.678. The number of rotatable bonds is 0. The van der Waals surface area contributed by atoms with Gasteiger partial charge in [-0.3, -0.25) is 5.41 Å². The molecule has 0 spiro atoms. The SMILES string of the molecule is CC1=CCc2ccccc2C1=N. The Kier molecular flexibility index (Phi) is 1.58. The first-order valence-corrected chi connectivity index (χ1v) is 4.13. The molecule has 60 valence electrons. The lowest BCUT2D eigenvalue weighted by Crippen LogP contribution is -2.09. The highest BCUT2D eigenvalue weighted by atomic mass is 14.4. The van der Waals surface area contributed by atoms with Crippen LogP contribution in [0.15, 0.2) is 35.9 Å². The number of fused-ring (bicyclic) bond motifs is 1. The third-order valence-corrected chi connectivity index (χ3v) is 2.31. The summed E-state index contributed by atoms with van der Waals surface area (Å²) in [6.45, 7) is 2.00. The number of hydrogen-bond donors (Lipinski definition) is 1. The van der Waals surface area contributed by atoms with Crippen LogP contribution in [0.25, 0.3) is 0 Å². The van der Waals surface area contributed by atoms with Gasteiger partial charge in [0.25, 0.3) is 0 Å². The Hall–Kier alpha value is -1.37. The van der Waals surface area contributed by atoms with E-state index in [-0.39, 0.29) is 0 Å². The van der Waals surface area contributed by atoms with Gasteiger partial charge >= 0.3 is 0 Å². The van der Waals surface area contributed by atoms with Crippen molar-refractivity contribution in [3.05, 3.63) is 47.0 Å². The van der Waals surface area contributed by atoms with Crippen LogP contribution in [0, 0.1) is 5.41 Å². The first-order valence-electron chi connectivity index (χ1n) is 4.13. The van der Waals surface area contributed by atoms with Gasteiger partial charge in [-0.1, -0.05) is 30.3 Å². The molecule has 1 heteroatoms. The summed E-state index contributed by atoms with van der Waals surface area (Å²) < 4.78 is 0. The summed E-state index contributed by atoms with van der Waals surface area (Å²) in [4.78, 5) is 0. The van der Waals surface area contributed by atoms with E-state index in [0.717, 1.165) is 17.6 Å². The summed E-state index contributed by atoms with van der Waals surface area (Å²) in [5, 5.41) is 7.81. The van der Waals surface area contributed by atoms with Gasteiger partial charge in [-0.15, -0.1) is 0 Å².